The molecule has 1 N–H and O–H groups in total. The Hall–Kier alpha value is -2.01. The average Bonchev–Trinajstić information content (AvgIpc) is 3.23. The van der Waals surface area contributed by atoms with Crippen LogP contribution in [0.25, 0.3) is 11.0 Å². The van der Waals surface area contributed by atoms with Crippen LogP contribution in [-0.4, -0.2) is 58.3 Å². The molecule has 1 aliphatic heterocycles. The predicted octanol–water partition coefficient (Wildman–Crippen LogP) is 4.21. The van der Waals surface area contributed by atoms with Gasteiger partial charge in [-0.25, -0.2) is 15.0 Å². The first-order chi connectivity index (χ1) is 15.0. The maximum Gasteiger partial charge on any atom is 0.405 e. The fourth-order valence-corrected chi connectivity index (χ4v) is 3.81. The van der Waals surface area contributed by atoms with Crippen molar-refractivity contribution < 1.29 is 18.0 Å². The topological polar surface area (TPSA) is 66.3 Å². The lowest BCUT2D eigenvalue weighted by atomic mass is 9.97. The quantitative estimate of drug-likeness (QED) is 0.614. The lowest BCUT2D eigenvalue weighted by Gasteiger charge is -2.38. The zero-order chi connectivity index (χ0) is 24.1. The van der Waals surface area contributed by atoms with Crippen LogP contribution < -0.4 is 10.3 Å². The molecule has 1 unspecified atom stereocenters. The highest BCUT2D eigenvalue weighted by Gasteiger charge is 2.32. The van der Waals surface area contributed by atoms with Gasteiger partial charge in [-0.15, -0.1) is 0 Å². The van der Waals surface area contributed by atoms with Gasteiger partial charge < -0.3 is 9.88 Å². The summed E-state index contributed by atoms with van der Waals surface area (Å²) in [5.41, 5.74) is 0.785. The number of amides is 1. The Morgan fingerprint density at radius 3 is 2.47 bits per heavy atom. The third-order valence-corrected chi connectivity index (χ3v) is 6.22. The highest BCUT2D eigenvalue weighted by molar-refractivity contribution is 7.81. The van der Waals surface area contributed by atoms with E-state index in [2.05, 4.69) is 16.9 Å². The predicted molar refractivity (Wildman–Crippen MR) is 124 cm³/mol. The molecule has 2 aromatic heterocycles. The number of hydrogen-bond donors (Lipinski definition) is 2. The number of alkyl halides is 3. The van der Waals surface area contributed by atoms with Crippen molar-refractivity contribution in [3.8, 4) is 0 Å². The number of fused-ring (bicyclic) bond motifs is 1. The first kappa shape index (κ1) is 26.2. The van der Waals surface area contributed by atoms with Crippen LogP contribution in [0.2, 0.25) is 0 Å². The SMILES string of the molecule is CC.CCC(C)(S)n1ccc2c(N(C)N3CCC(C(=O)NCC(F)(F)F)CC3)ncnc21. The molecule has 3 heterocycles. The monoisotopic (exact) mass is 474 g/mol. The number of aromatic nitrogens is 3. The van der Waals surface area contributed by atoms with Gasteiger partial charge in [0.1, 0.15) is 18.5 Å². The number of piperidine rings is 1. The summed E-state index contributed by atoms with van der Waals surface area (Å²) in [6.45, 7) is 7.89. The molecule has 1 atom stereocenters. The van der Waals surface area contributed by atoms with Crippen LogP contribution in [0, 0.1) is 5.92 Å². The lowest BCUT2D eigenvalue weighted by molar-refractivity contribution is -0.141. The Balaban J connectivity index is 0.00000176. The standard InChI is InChI=1S/C19H27F3N6OS.C2H6/c1-4-18(2,30)28-10-7-14-15(24-12-25-16(14)28)26(3)27-8-5-13(6-9-27)17(29)23-11-19(20,21)22;1-2/h7,10,12-13,30H,4-6,8-9,11H2,1-3H3,(H,23,29);1-2H3. The van der Waals surface area contributed by atoms with Crippen molar-refractivity contribution >= 4 is 35.4 Å². The molecule has 32 heavy (non-hydrogen) atoms. The van der Waals surface area contributed by atoms with Crippen molar-refractivity contribution in [3.05, 3.63) is 18.6 Å². The maximum atomic E-state index is 12.3. The van der Waals surface area contributed by atoms with Gasteiger partial charge in [-0.05, 0) is 32.3 Å². The van der Waals surface area contributed by atoms with Gasteiger partial charge in [-0.2, -0.15) is 25.8 Å². The first-order valence-corrected chi connectivity index (χ1v) is 11.4. The summed E-state index contributed by atoms with van der Waals surface area (Å²) in [7, 11) is 1.89. The molecule has 1 saturated heterocycles. The van der Waals surface area contributed by atoms with Crippen molar-refractivity contribution in [2.24, 2.45) is 5.92 Å². The first-order valence-electron chi connectivity index (χ1n) is 10.9. The molecule has 1 fully saturated rings. The number of carbonyl (C=O) groups is 1. The molecule has 3 rings (SSSR count). The van der Waals surface area contributed by atoms with E-state index in [9.17, 15) is 18.0 Å². The highest BCUT2D eigenvalue weighted by atomic mass is 32.1. The Morgan fingerprint density at radius 1 is 1.28 bits per heavy atom. The molecule has 7 nitrogen and oxygen atoms in total. The fraction of sp³-hybridized carbons (Fsp3) is 0.667. The van der Waals surface area contributed by atoms with Gasteiger partial charge in [0.05, 0.1) is 10.3 Å². The number of hydrogen-bond acceptors (Lipinski definition) is 6. The number of nitrogens with zero attached hydrogens (tertiary/aromatic N) is 5. The van der Waals surface area contributed by atoms with Gasteiger partial charge in [0.25, 0.3) is 0 Å². The Bertz CT molecular complexity index is 893. The van der Waals surface area contributed by atoms with Gasteiger partial charge in [0, 0.05) is 32.3 Å². The molecule has 11 heteroatoms. The smallest absolute Gasteiger partial charge is 0.347 e. The number of hydrazine groups is 1. The number of carbonyl (C=O) groups excluding carboxylic acids is 1. The zero-order valence-electron chi connectivity index (χ0n) is 19.3. The number of halogens is 3. The normalized spacial score (nSPS) is 17.4. The summed E-state index contributed by atoms with van der Waals surface area (Å²) >= 11 is 4.74. The molecular weight excluding hydrogens is 441 g/mol. The average molecular weight is 475 g/mol. The molecule has 0 saturated carbocycles. The van der Waals surface area contributed by atoms with Gasteiger partial charge in [0.2, 0.25) is 5.91 Å². The van der Waals surface area contributed by atoms with Gasteiger partial charge in [0.15, 0.2) is 5.82 Å². The Labute approximate surface area is 192 Å². The van der Waals surface area contributed by atoms with E-state index in [1.807, 2.05) is 60.0 Å². The summed E-state index contributed by atoms with van der Waals surface area (Å²) in [5.74, 6) is -0.222. The molecule has 2 aromatic rings. The number of rotatable bonds is 6. The van der Waals surface area contributed by atoms with Crippen LogP contribution in [0.15, 0.2) is 18.6 Å². The van der Waals surface area contributed by atoms with Crippen molar-refractivity contribution in [1.29, 1.82) is 0 Å². The van der Waals surface area contributed by atoms with Crippen LogP contribution in [0.1, 0.15) is 47.0 Å². The fourth-order valence-electron chi connectivity index (χ4n) is 3.65. The Kier molecular flexibility index (Phi) is 8.81. The molecule has 1 aliphatic rings. The zero-order valence-corrected chi connectivity index (χ0v) is 20.2. The van der Waals surface area contributed by atoms with Crippen LogP contribution >= 0.6 is 12.6 Å². The minimum atomic E-state index is -4.40. The van der Waals surface area contributed by atoms with Crippen molar-refractivity contribution in [2.75, 3.05) is 31.7 Å². The van der Waals surface area contributed by atoms with Gasteiger partial charge in [-0.1, -0.05) is 20.8 Å². The van der Waals surface area contributed by atoms with E-state index in [0.717, 1.165) is 23.3 Å². The number of thiol groups is 1. The molecule has 180 valence electrons. The summed E-state index contributed by atoms with van der Waals surface area (Å²) in [5, 5.41) is 6.85. The van der Waals surface area contributed by atoms with Crippen molar-refractivity contribution in [3.63, 3.8) is 0 Å². The summed E-state index contributed by atoms with van der Waals surface area (Å²) in [6, 6.07) is 1.96. The summed E-state index contributed by atoms with van der Waals surface area (Å²) in [4.78, 5) is 20.5. The molecule has 0 bridgehead atoms. The van der Waals surface area contributed by atoms with Crippen LogP contribution in [0.3, 0.4) is 0 Å². The van der Waals surface area contributed by atoms with E-state index in [1.54, 1.807) is 0 Å². The number of anilines is 1. The van der Waals surface area contributed by atoms with Gasteiger partial charge >= 0.3 is 6.18 Å². The highest BCUT2D eigenvalue weighted by Crippen LogP contribution is 2.33. The molecule has 1 amide bonds. The van der Waals surface area contributed by atoms with E-state index in [1.165, 1.54) is 6.33 Å². The second-order valence-corrected chi connectivity index (χ2v) is 8.74. The minimum absolute atomic E-state index is 0.381. The number of nitrogens with one attached hydrogen (secondary N) is 1. The third kappa shape index (κ3) is 6.06. The third-order valence-electron chi connectivity index (χ3n) is 5.69. The van der Waals surface area contributed by atoms with Crippen LogP contribution in [0.5, 0.6) is 0 Å². The molecule has 0 spiro atoms. The van der Waals surface area contributed by atoms with E-state index in [4.69, 9.17) is 12.6 Å². The lowest BCUT2D eigenvalue weighted by Crippen LogP contribution is -2.48. The Morgan fingerprint density at radius 2 is 1.91 bits per heavy atom. The molecular formula is C21H33F3N6OS. The van der Waals surface area contributed by atoms with Gasteiger partial charge in [-0.3, -0.25) is 9.80 Å². The second-order valence-electron chi connectivity index (χ2n) is 7.78. The van der Waals surface area contributed by atoms with Crippen LogP contribution in [-0.2, 0) is 9.67 Å². The molecule has 0 aromatic carbocycles. The van der Waals surface area contributed by atoms with Crippen LogP contribution in [0.4, 0.5) is 19.0 Å². The second kappa shape index (κ2) is 10.7. The summed E-state index contributed by atoms with van der Waals surface area (Å²) in [6.07, 6.45) is 0.846. The molecule has 0 radical (unpaired) electrons. The van der Waals surface area contributed by atoms with E-state index in [0.29, 0.717) is 25.9 Å². The van der Waals surface area contributed by atoms with E-state index >= 15 is 0 Å². The van der Waals surface area contributed by atoms with Crippen molar-refractivity contribution in [2.45, 2.75) is 58.0 Å². The minimum Gasteiger partial charge on any atom is -0.347 e. The van der Waals surface area contributed by atoms with E-state index < -0.39 is 24.5 Å². The van der Waals surface area contributed by atoms with E-state index in [-0.39, 0.29) is 4.87 Å². The largest absolute Gasteiger partial charge is 0.405 e. The maximum absolute atomic E-state index is 12.3. The summed E-state index contributed by atoms with van der Waals surface area (Å²) < 4.78 is 39.0. The molecule has 0 aliphatic carbocycles. The van der Waals surface area contributed by atoms with Crippen molar-refractivity contribution in [1.82, 2.24) is 24.9 Å².